The average Bonchev–Trinajstić information content (AvgIpc) is 2.12. The summed E-state index contributed by atoms with van der Waals surface area (Å²) in [6, 6.07) is 0.202. The second-order valence-electron chi connectivity index (χ2n) is 5.35. The molecule has 0 N–H and O–H groups in total. The molecular formula is C13H21NO3. The van der Waals surface area contributed by atoms with Crippen LogP contribution in [0.1, 0.15) is 33.6 Å². The first-order chi connectivity index (χ1) is 7.83. The van der Waals surface area contributed by atoms with Gasteiger partial charge in [-0.05, 0) is 33.6 Å². The molecule has 1 rings (SSSR count). The number of ether oxygens (including phenoxy) is 2. The SMILES string of the molecule is C#CCOC1CC(N(C)C(=O)OC(C)(C)C)C1. The molecule has 0 atom stereocenters. The minimum atomic E-state index is -0.450. The third-order valence-corrected chi connectivity index (χ3v) is 2.70. The molecule has 4 nitrogen and oxygen atoms in total. The molecule has 0 saturated heterocycles. The minimum absolute atomic E-state index is 0.181. The summed E-state index contributed by atoms with van der Waals surface area (Å²) in [6.45, 7) is 5.92. The average molecular weight is 239 g/mol. The van der Waals surface area contributed by atoms with E-state index >= 15 is 0 Å². The Balaban J connectivity index is 2.29. The van der Waals surface area contributed by atoms with Crippen LogP contribution in [0.4, 0.5) is 4.79 Å². The van der Waals surface area contributed by atoms with Crippen LogP contribution in [0, 0.1) is 12.3 Å². The minimum Gasteiger partial charge on any atom is -0.444 e. The lowest BCUT2D eigenvalue weighted by atomic mass is 9.88. The van der Waals surface area contributed by atoms with Crippen LogP contribution in [-0.2, 0) is 9.47 Å². The Labute approximate surface area is 103 Å². The number of nitrogens with zero attached hydrogens (tertiary/aromatic N) is 1. The molecule has 1 aliphatic carbocycles. The smallest absolute Gasteiger partial charge is 0.410 e. The lowest BCUT2D eigenvalue weighted by molar-refractivity contribution is -0.0413. The standard InChI is InChI=1S/C13H21NO3/c1-6-7-16-11-8-10(9-11)14(5)12(15)17-13(2,3)4/h1,10-11H,7-9H2,2-5H3. The first kappa shape index (κ1) is 13.9. The van der Waals surface area contributed by atoms with Gasteiger partial charge in [0.1, 0.15) is 12.2 Å². The Morgan fingerprint density at radius 3 is 2.53 bits per heavy atom. The quantitative estimate of drug-likeness (QED) is 0.707. The largest absolute Gasteiger partial charge is 0.444 e. The number of hydrogen-bond donors (Lipinski definition) is 0. The van der Waals surface area contributed by atoms with Crippen molar-refractivity contribution in [3.05, 3.63) is 0 Å². The van der Waals surface area contributed by atoms with Crippen molar-refractivity contribution in [1.82, 2.24) is 4.90 Å². The number of carbonyl (C=O) groups is 1. The van der Waals surface area contributed by atoms with Crippen LogP contribution in [0.5, 0.6) is 0 Å². The van der Waals surface area contributed by atoms with Gasteiger partial charge in [-0.15, -0.1) is 6.42 Å². The fourth-order valence-corrected chi connectivity index (χ4v) is 1.64. The van der Waals surface area contributed by atoms with Crippen molar-refractivity contribution in [2.45, 2.75) is 51.4 Å². The second kappa shape index (κ2) is 5.42. The van der Waals surface area contributed by atoms with Crippen LogP contribution in [0.25, 0.3) is 0 Å². The second-order valence-corrected chi connectivity index (χ2v) is 5.35. The Kier molecular flexibility index (Phi) is 4.41. The molecule has 0 aromatic rings. The van der Waals surface area contributed by atoms with Gasteiger partial charge >= 0.3 is 6.09 Å². The van der Waals surface area contributed by atoms with E-state index in [2.05, 4.69) is 5.92 Å². The van der Waals surface area contributed by atoms with E-state index in [9.17, 15) is 4.79 Å². The molecule has 1 fully saturated rings. The fraction of sp³-hybridized carbons (Fsp3) is 0.769. The molecule has 1 amide bonds. The van der Waals surface area contributed by atoms with E-state index in [4.69, 9.17) is 15.9 Å². The van der Waals surface area contributed by atoms with Gasteiger partial charge < -0.3 is 14.4 Å². The van der Waals surface area contributed by atoms with Gasteiger partial charge in [-0.2, -0.15) is 0 Å². The lowest BCUT2D eigenvalue weighted by Crippen LogP contribution is -2.50. The summed E-state index contributed by atoms with van der Waals surface area (Å²) in [5, 5.41) is 0. The highest BCUT2D eigenvalue weighted by molar-refractivity contribution is 5.68. The molecule has 4 heteroatoms. The topological polar surface area (TPSA) is 38.8 Å². The Morgan fingerprint density at radius 2 is 2.06 bits per heavy atom. The zero-order valence-corrected chi connectivity index (χ0v) is 11.0. The van der Waals surface area contributed by atoms with Crippen molar-refractivity contribution < 1.29 is 14.3 Å². The summed E-state index contributed by atoms with van der Waals surface area (Å²) in [5.41, 5.74) is -0.450. The molecule has 0 aromatic carbocycles. The summed E-state index contributed by atoms with van der Waals surface area (Å²) < 4.78 is 10.7. The number of rotatable bonds is 3. The van der Waals surface area contributed by atoms with Gasteiger partial charge in [-0.3, -0.25) is 0 Å². The summed E-state index contributed by atoms with van der Waals surface area (Å²) in [5.74, 6) is 2.44. The van der Waals surface area contributed by atoms with Crippen molar-refractivity contribution in [3.8, 4) is 12.3 Å². The summed E-state index contributed by atoms with van der Waals surface area (Å²) in [7, 11) is 1.76. The van der Waals surface area contributed by atoms with Gasteiger partial charge in [0.2, 0.25) is 0 Å². The lowest BCUT2D eigenvalue weighted by Gasteiger charge is -2.40. The molecular weight excluding hydrogens is 218 g/mol. The molecule has 1 saturated carbocycles. The number of hydrogen-bond acceptors (Lipinski definition) is 3. The maximum atomic E-state index is 11.7. The Bertz CT molecular complexity index is 308. The van der Waals surface area contributed by atoms with Crippen molar-refractivity contribution in [2.75, 3.05) is 13.7 Å². The highest BCUT2D eigenvalue weighted by atomic mass is 16.6. The van der Waals surface area contributed by atoms with E-state index in [1.54, 1.807) is 11.9 Å². The molecule has 96 valence electrons. The molecule has 17 heavy (non-hydrogen) atoms. The number of carbonyl (C=O) groups excluding carboxylic acids is 1. The number of amides is 1. The molecule has 0 spiro atoms. The molecule has 0 heterocycles. The normalized spacial score (nSPS) is 23.5. The summed E-state index contributed by atoms with van der Waals surface area (Å²) >= 11 is 0. The van der Waals surface area contributed by atoms with Crippen molar-refractivity contribution >= 4 is 6.09 Å². The van der Waals surface area contributed by atoms with Crippen LogP contribution < -0.4 is 0 Å². The van der Waals surface area contributed by atoms with Gasteiger partial charge in [0.05, 0.1) is 6.10 Å². The first-order valence-electron chi connectivity index (χ1n) is 5.84. The van der Waals surface area contributed by atoms with Crippen LogP contribution >= 0.6 is 0 Å². The zero-order valence-electron chi connectivity index (χ0n) is 11.0. The van der Waals surface area contributed by atoms with Crippen LogP contribution in [0.15, 0.2) is 0 Å². The predicted octanol–water partition coefficient (Wildman–Crippen LogP) is 2.03. The van der Waals surface area contributed by atoms with E-state index in [-0.39, 0.29) is 18.2 Å². The van der Waals surface area contributed by atoms with E-state index in [0.717, 1.165) is 12.8 Å². The van der Waals surface area contributed by atoms with Crippen molar-refractivity contribution in [3.63, 3.8) is 0 Å². The number of terminal acetylenes is 1. The maximum absolute atomic E-state index is 11.7. The third kappa shape index (κ3) is 4.27. The van der Waals surface area contributed by atoms with Crippen molar-refractivity contribution in [2.24, 2.45) is 0 Å². The first-order valence-corrected chi connectivity index (χ1v) is 5.84. The van der Waals surface area contributed by atoms with Gasteiger partial charge in [-0.1, -0.05) is 5.92 Å². The fourth-order valence-electron chi connectivity index (χ4n) is 1.64. The van der Waals surface area contributed by atoms with Crippen LogP contribution in [0.3, 0.4) is 0 Å². The van der Waals surface area contributed by atoms with E-state index < -0.39 is 5.60 Å². The van der Waals surface area contributed by atoms with E-state index in [1.165, 1.54) is 0 Å². The maximum Gasteiger partial charge on any atom is 0.410 e. The molecule has 0 aromatic heterocycles. The molecule has 1 aliphatic rings. The van der Waals surface area contributed by atoms with E-state index in [1.807, 2.05) is 20.8 Å². The Hall–Kier alpha value is -1.21. The monoisotopic (exact) mass is 239 g/mol. The zero-order chi connectivity index (χ0) is 13.1. The summed E-state index contributed by atoms with van der Waals surface area (Å²) in [4.78, 5) is 13.4. The van der Waals surface area contributed by atoms with Gasteiger partial charge in [-0.25, -0.2) is 4.79 Å². The molecule has 0 bridgehead atoms. The van der Waals surface area contributed by atoms with E-state index in [0.29, 0.717) is 6.61 Å². The van der Waals surface area contributed by atoms with Crippen LogP contribution in [0.2, 0.25) is 0 Å². The third-order valence-electron chi connectivity index (χ3n) is 2.70. The molecule has 0 unspecified atom stereocenters. The molecule has 0 aliphatic heterocycles. The van der Waals surface area contributed by atoms with Gasteiger partial charge in [0.25, 0.3) is 0 Å². The van der Waals surface area contributed by atoms with Crippen molar-refractivity contribution in [1.29, 1.82) is 0 Å². The highest BCUT2D eigenvalue weighted by Crippen LogP contribution is 2.28. The van der Waals surface area contributed by atoms with Gasteiger partial charge in [0, 0.05) is 13.1 Å². The van der Waals surface area contributed by atoms with Gasteiger partial charge in [0.15, 0.2) is 0 Å². The Morgan fingerprint density at radius 1 is 1.47 bits per heavy atom. The predicted molar refractivity (Wildman–Crippen MR) is 65.6 cm³/mol. The van der Waals surface area contributed by atoms with Crippen LogP contribution in [-0.4, -0.2) is 42.4 Å². The highest BCUT2D eigenvalue weighted by Gasteiger charge is 2.36. The summed E-state index contributed by atoms with van der Waals surface area (Å²) in [6.07, 6.45) is 6.67. The molecule has 0 radical (unpaired) electrons.